The summed E-state index contributed by atoms with van der Waals surface area (Å²) in [5, 5.41) is 5.48. The molecule has 0 radical (unpaired) electrons. The maximum Gasteiger partial charge on any atom is 0.223 e. The van der Waals surface area contributed by atoms with Gasteiger partial charge in [-0.05, 0) is 43.3 Å². The van der Waals surface area contributed by atoms with E-state index in [2.05, 4.69) is 34.7 Å². The van der Waals surface area contributed by atoms with Crippen LogP contribution in [-0.2, 0) is 4.79 Å². The lowest BCUT2D eigenvalue weighted by atomic mass is 9.88. The molecule has 1 aromatic carbocycles. The van der Waals surface area contributed by atoms with E-state index in [0.29, 0.717) is 5.69 Å². The number of amides is 1. The molecule has 1 aliphatic carbocycles. The molecule has 1 aliphatic heterocycles. The number of para-hydroxylation sites is 1. The highest BCUT2D eigenvalue weighted by Crippen LogP contribution is 2.26. The molecule has 2 heterocycles. The van der Waals surface area contributed by atoms with Crippen molar-refractivity contribution in [3.8, 4) is 0 Å². The number of rotatable bonds is 6. The van der Waals surface area contributed by atoms with Crippen LogP contribution in [0.3, 0.4) is 0 Å². The van der Waals surface area contributed by atoms with E-state index in [1.54, 1.807) is 17.4 Å². The van der Waals surface area contributed by atoms with E-state index >= 15 is 0 Å². The average Bonchev–Trinajstić information content (AvgIpc) is 3.30. The van der Waals surface area contributed by atoms with Crippen molar-refractivity contribution in [2.75, 3.05) is 31.1 Å². The number of thiophene rings is 1. The van der Waals surface area contributed by atoms with Gasteiger partial charge in [0, 0.05) is 5.92 Å². The minimum absolute atomic E-state index is 0.0769. The quantitative estimate of drug-likeness (QED) is 0.737. The van der Waals surface area contributed by atoms with Gasteiger partial charge >= 0.3 is 0 Å². The van der Waals surface area contributed by atoms with Crippen molar-refractivity contribution in [1.82, 2.24) is 5.32 Å². The highest BCUT2D eigenvalue weighted by atomic mass is 32.1. The third-order valence-corrected chi connectivity index (χ3v) is 7.69. The minimum atomic E-state index is -0.149. The van der Waals surface area contributed by atoms with E-state index in [4.69, 9.17) is 0 Å². The molecule has 0 bridgehead atoms. The molecule has 2 fully saturated rings. The van der Waals surface area contributed by atoms with Crippen molar-refractivity contribution in [3.05, 3.63) is 52.5 Å². The van der Waals surface area contributed by atoms with Gasteiger partial charge in [-0.3, -0.25) is 4.79 Å². The smallest absolute Gasteiger partial charge is 0.223 e. The number of carbonyl (C=O) groups excluding carboxylic acids is 1. The molecular weight excluding hydrogens is 397 g/mol. The van der Waals surface area contributed by atoms with Gasteiger partial charge in [-0.1, -0.05) is 37.5 Å². The van der Waals surface area contributed by atoms with Gasteiger partial charge < -0.3 is 15.1 Å². The lowest BCUT2D eigenvalue weighted by molar-refractivity contribution is -0.933. The molecule has 6 heteroatoms. The zero-order valence-electron chi connectivity index (χ0n) is 17.8. The number of hydrogen-bond acceptors (Lipinski definition) is 3. The SMILES string of the molecule is C[C@@H](NC(=O)C1CCCCC1)[C@H](c1cccs1)[NH+]1CCN(c2ccccc2F)CC1. The summed E-state index contributed by atoms with van der Waals surface area (Å²) in [5.41, 5.74) is 0.697. The van der Waals surface area contributed by atoms with Gasteiger partial charge in [0.25, 0.3) is 0 Å². The van der Waals surface area contributed by atoms with E-state index in [1.807, 2.05) is 12.1 Å². The Morgan fingerprint density at radius 3 is 2.53 bits per heavy atom. The first-order valence-corrected chi connectivity index (χ1v) is 12.2. The van der Waals surface area contributed by atoms with Crippen molar-refractivity contribution in [3.63, 3.8) is 0 Å². The summed E-state index contributed by atoms with van der Waals surface area (Å²) in [6.45, 7) is 5.66. The maximum absolute atomic E-state index is 14.2. The molecule has 2 N–H and O–H groups in total. The average molecular weight is 431 g/mol. The highest BCUT2D eigenvalue weighted by molar-refractivity contribution is 7.10. The summed E-state index contributed by atoms with van der Waals surface area (Å²) < 4.78 is 14.2. The van der Waals surface area contributed by atoms with Crippen LogP contribution in [0.2, 0.25) is 0 Å². The summed E-state index contributed by atoms with van der Waals surface area (Å²) in [4.78, 5) is 17.8. The first-order valence-electron chi connectivity index (χ1n) is 11.3. The highest BCUT2D eigenvalue weighted by Gasteiger charge is 2.35. The summed E-state index contributed by atoms with van der Waals surface area (Å²) in [6, 6.07) is 11.6. The number of halogens is 1. The fourth-order valence-corrected chi connectivity index (χ4v) is 6.10. The van der Waals surface area contributed by atoms with Gasteiger partial charge in [-0.25, -0.2) is 4.39 Å². The normalized spacial score (nSPS) is 20.7. The molecule has 30 heavy (non-hydrogen) atoms. The van der Waals surface area contributed by atoms with Crippen LogP contribution in [0.15, 0.2) is 41.8 Å². The number of piperazine rings is 1. The lowest BCUT2D eigenvalue weighted by Gasteiger charge is -2.39. The van der Waals surface area contributed by atoms with Crippen molar-refractivity contribution >= 4 is 22.9 Å². The van der Waals surface area contributed by atoms with Crippen molar-refractivity contribution in [1.29, 1.82) is 0 Å². The van der Waals surface area contributed by atoms with Crippen LogP contribution < -0.4 is 15.1 Å². The second-order valence-electron chi connectivity index (χ2n) is 8.72. The Labute approximate surface area is 183 Å². The molecule has 162 valence electrons. The Morgan fingerprint density at radius 1 is 1.13 bits per heavy atom. The van der Waals surface area contributed by atoms with Crippen LogP contribution in [0.1, 0.15) is 49.9 Å². The number of anilines is 1. The molecule has 2 aromatic rings. The first-order chi connectivity index (χ1) is 14.6. The number of quaternary nitrogens is 1. The van der Waals surface area contributed by atoms with E-state index in [1.165, 1.54) is 35.1 Å². The van der Waals surface area contributed by atoms with Crippen LogP contribution in [0.25, 0.3) is 0 Å². The maximum atomic E-state index is 14.2. The predicted molar refractivity (Wildman–Crippen MR) is 121 cm³/mol. The summed E-state index contributed by atoms with van der Waals surface area (Å²) in [6.07, 6.45) is 5.65. The fourth-order valence-electron chi connectivity index (χ4n) is 5.11. The summed E-state index contributed by atoms with van der Waals surface area (Å²) in [7, 11) is 0. The van der Waals surface area contributed by atoms with E-state index in [9.17, 15) is 9.18 Å². The largest absolute Gasteiger partial charge is 0.358 e. The Bertz CT molecular complexity index is 814. The molecule has 2 atom stereocenters. The summed E-state index contributed by atoms with van der Waals surface area (Å²) >= 11 is 1.77. The second-order valence-corrected chi connectivity index (χ2v) is 9.70. The second kappa shape index (κ2) is 9.92. The molecule has 2 aliphatic rings. The molecule has 4 rings (SSSR count). The first kappa shape index (κ1) is 21.3. The summed E-state index contributed by atoms with van der Waals surface area (Å²) in [5.74, 6) is 0.259. The number of nitrogens with zero attached hydrogens (tertiary/aromatic N) is 1. The number of hydrogen-bond donors (Lipinski definition) is 2. The third-order valence-electron chi connectivity index (χ3n) is 6.73. The molecule has 4 nitrogen and oxygen atoms in total. The standard InChI is InChI=1S/C24H32FN3OS/c1-18(26-24(29)19-8-3-2-4-9-19)23(22-12-7-17-30-22)28-15-13-27(14-16-28)21-11-6-5-10-20(21)25/h5-7,10-12,17-19,23H,2-4,8-9,13-16H2,1H3,(H,26,29)/p+1/t18-,23-/m1/s1. The zero-order valence-corrected chi connectivity index (χ0v) is 18.6. The molecule has 1 saturated heterocycles. The molecule has 1 saturated carbocycles. The third kappa shape index (κ3) is 4.86. The van der Waals surface area contributed by atoms with Crippen LogP contribution in [0.5, 0.6) is 0 Å². The monoisotopic (exact) mass is 430 g/mol. The van der Waals surface area contributed by atoms with Gasteiger partial charge in [0.05, 0.1) is 42.8 Å². The van der Waals surface area contributed by atoms with Crippen molar-refractivity contribution < 1.29 is 14.1 Å². The Balaban J connectivity index is 1.43. The molecule has 1 aromatic heterocycles. The van der Waals surface area contributed by atoms with E-state index in [0.717, 1.165) is 39.0 Å². The van der Waals surface area contributed by atoms with Crippen LogP contribution in [0.4, 0.5) is 10.1 Å². The number of carbonyl (C=O) groups is 1. The van der Waals surface area contributed by atoms with Crippen LogP contribution >= 0.6 is 11.3 Å². The van der Waals surface area contributed by atoms with Gasteiger partial charge in [-0.15, -0.1) is 11.3 Å². The number of nitrogens with one attached hydrogen (secondary N) is 2. The minimum Gasteiger partial charge on any atom is -0.358 e. The van der Waals surface area contributed by atoms with Gasteiger partial charge in [0.2, 0.25) is 5.91 Å². The Kier molecular flexibility index (Phi) is 7.05. The molecule has 0 unspecified atom stereocenters. The van der Waals surface area contributed by atoms with Crippen molar-refractivity contribution in [2.45, 2.75) is 51.1 Å². The van der Waals surface area contributed by atoms with Gasteiger partial charge in [-0.2, -0.15) is 0 Å². The van der Waals surface area contributed by atoms with E-state index < -0.39 is 0 Å². The zero-order chi connectivity index (χ0) is 20.9. The number of benzene rings is 1. The van der Waals surface area contributed by atoms with Gasteiger partial charge in [0.15, 0.2) is 0 Å². The Hall–Kier alpha value is -1.92. The van der Waals surface area contributed by atoms with E-state index in [-0.39, 0.29) is 29.7 Å². The lowest BCUT2D eigenvalue weighted by Crippen LogP contribution is -3.16. The van der Waals surface area contributed by atoms with Crippen molar-refractivity contribution in [2.24, 2.45) is 5.92 Å². The molecule has 1 amide bonds. The molecular formula is C24H33FN3OS+. The molecule has 0 spiro atoms. The predicted octanol–water partition coefficient (Wildman–Crippen LogP) is 3.42. The topological polar surface area (TPSA) is 36.8 Å². The van der Waals surface area contributed by atoms with Crippen LogP contribution in [0, 0.1) is 11.7 Å². The van der Waals surface area contributed by atoms with Gasteiger partial charge in [0.1, 0.15) is 11.9 Å². The Morgan fingerprint density at radius 2 is 1.87 bits per heavy atom. The fraction of sp³-hybridized carbons (Fsp3) is 0.542. The van der Waals surface area contributed by atoms with Crippen LogP contribution in [-0.4, -0.2) is 38.1 Å².